The third-order valence-corrected chi connectivity index (χ3v) is 4.71. The number of nitrogens with two attached hydrogens (primary N) is 1. The fraction of sp³-hybridized carbons (Fsp3) is 0.500. The summed E-state index contributed by atoms with van der Waals surface area (Å²) in [4.78, 5) is 48.6. The van der Waals surface area contributed by atoms with Crippen LogP contribution in [0.3, 0.4) is 0 Å². The Kier molecular flexibility index (Phi) is 11.5. The Hall–Kier alpha value is -3.52. The standard InChI is InChI=1S/C18H26N8O6.ClH/c19-18(24-26(31)32)20-9-3-1-2-4-16(27)22-13-10-15(21-11-13)17(28)23-12-5-7-14(8-6-12)25(29)30;/h5-8,13,15,21H,1-4,9-11H2,(H,22,27)(H,23,28)(H3,19,20,24);1H/t13-,15-;/m0./s1. The van der Waals surface area contributed by atoms with Gasteiger partial charge in [-0.2, -0.15) is 0 Å². The number of aliphatic imine (C=N–C) groups is 1. The molecule has 0 saturated carbocycles. The van der Waals surface area contributed by atoms with E-state index in [9.17, 15) is 29.8 Å². The van der Waals surface area contributed by atoms with E-state index in [0.29, 0.717) is 50.9 Å². The van der Waals surface area contributed by atoms with Crippen molar-refractivity contribution in [1.82, 2.24) is 16.1 Å². The normalized spacial score (nSPS) is 17.5. The highest BCUT2D eigenvalue weighted by Gasteiger charge is 2.30. The molecular weight excluding hydrogens is 460 g/mol. The summed E-state index contributed by atoms with van der Waals surface area (Å²) in [5.74, 6) is -0.651. The van der Waals surface area contributed by atoms with E-state index in [1.807, 2.05) is 0 Å². The van der Waals surface area contributed by atoms with Crippen molar-refractivity contribution in [3.05, 3.63) is 44.5 Å². The number of guanidine groups is 1. The molecule has 2 rings (SSSR count). The lowest BCUT2D eigenvalue weighted by Gasteiger charge is -2.13. The maximum Gasteiger partial charge on any atom is 0.269 e. The van der Waals surface area contributed by atoms with Crippen LogP contribution in [0.25, 0.3) is 0 Å². The molecule has 1 aliphatic heterocycles. The number of amides is 2. The summed E-state index contributed by atoms with van der Waals surface area (Å²) < 4.78 is 0. The Labute approximate surface area is 195 Å². The summed E-state index contributed by atoms with van der Waals surface area (Å²) >= 11 is 0. The number of hydrogen-bond donors (Lipinski definition) is 5. The van der Waals surface area contributed by atoms with Gasteiger partial charge in [0.15, 0.2) is 5.03 Å². The van der Waals surface area contributed by atoms with Crippen LogP contribution in [-0.4, -0.2) is 52.9 Å². The number of carbonyl (C=O) groups is 2. The van der Waals surface area contributed by atoms with Gasteiger partial charge in [0, 0.05) is 43.4 Å². The van der Waals surface area contributed by atoms with E-state index in [1.54, 1.807) is 5.43 Å². The van der Waals surface area contributed by atoms with Gasteiger partial charge < -0.3 is 21.7 Å². The van der Waals surface area contributed by atoms with Crippen molar-refractivity contribution in [2.24, 2.45) is 10.7 Å². The monoisotopic (exact) mass is 486 g/mol. The number of benzene rings is 1. The minimum Gasteiger partial charge on any atom is -0.365 e. The molecule has 2 amide bonds. The lowest BCUT2D eigenvalue weighted by atomic mass is 10.1. The summed E-state index contributed by atoms with van der Waals surface area (Å²) in [6.07, 6.45) is 2.74. The van der Waals surface area contributed by atoms with Crippen LogP contribution in [-0.2, 0) is 9.59 Å². The van der Waals surface area contributed by atoms with Crippen molar-refractivity contribution in [2.75, 3.05) is 18.4 Å². The van der Waals surface area contributed by atoms with Gasteiger partial charge in [-0.25, -0.2) is 15.1 Å². The van der Waals surface area contributed by atoms with Crippen LogP contribution < -0.4 is 27.1 Å². The molecule has 2 atom stereocenters. The zero-order valence-electron chi connectivity index (χ0n) is 17.7. The molecule has 1 heterocycles. The second-order valence-electron chi connectivity index (χ2n) is 7.20. The molecule has 1 aromatic carbocycles. The predicted octanol–water partition coefficient (Wildman–Crippen LogP) is 0.458. The number of hydrazine groups is 1. The first-order valence-corrected chi connectivity index (χ1v) is 10.0. The highest BCUT2D eigenvalue weighted by molar-refractivity contribution is 5.95. The van der Waals surface area contributed by atoms with Crippen molar-refractivity contribution in [2.45, 2.75) is 44.2 Å². The van der Waals surface area contributed by atoms with Gasteiger partial charge in [0.1, 0.15) is 0 Å². The van der Waals surface area contributed by atoms with Crippen molar-refractivity contribution in [3.8, 4) is 0 Å². The number of nitro benzene ring substituents is 1. The van der Waals surface area contributed by atoms with Crippen LogP contribution in [0, 0.1) is 20.2 Å². The number of rotatable bonds is 11. The fourth-order valence-corrected chi connectivity index (χ4v) is 3.14. The quantitative estimate of drug-likeness (QED) is 0.0965. The van der Waals surface area contributed by atoms with Crippen molar-refractivity contribution in [1.29, 1.82) is 0 Å². The summed E-state index contributed by atoms with van der Waals surface area (Å²) in [5.41, 5.74) is 7.44. The average molecular weight is 487 g/mol. The Bertz CT molecular complexity index is 866. The minimum absolute atomic E-state index is 0. The molecule has 0 radical (unpaired) electrons. The molecule has 1 aliphatic rings. The van der Waals surface area contributed by atoms with Crippen molar-refractivity contribution >= 4 is 41.6 Å². The third kappa shape index (κ3) is 10.1. The molecule has 6 N–H and O–H groups in total. The molecule has 1 saturated heterocycles. The lowest BCUT2D eigenvalue weighted by Crippen LogP contribution is -2.36. The van der Waals surface area contributed by atoms with Crippen LogP contribution in [0.5, 0.6) is 0 Å². The Balaban J connectivity index is 0.00000544. The first-order chi connectivity index (χ1) is 15.2. The molecule has 0 unspecified atom stereocenters. The third-order valence-electron chi connectivity index (χ3n) is 4.71. The first-order valence-electron chi connectivity index (χ1n) is 10.0. The van der Waals surface area contributed by atoms with E-state index < -0.39 is 16.0 Å². The number of nitrogens with one attached hydrogen (secondary N) is 4. The van der Waals surface area contributed by atoms with Gasteiger partial charge in [-0.05, 0) is 31.4 Å². The predicted molar refractivity (Wildman–Crippen MR) is 122 cm³/mol. The molecule has 0 spiro atoms. The number of nitro groups is 2. The van der Waals surface area contributed by atoms with Crippen LogP contribution in [0.1, 0.15) is 32.1 Å². The zero-order valence-corrected chi connectivity index (χ0v) is 18.5. The van der Waals surface area contributed by atoms with Crippen LogP contribution in [0.2, 0.25) is 0 Å². The van der Waals surface area contributed by atoms with Crippen LogP contribution >= 0.6 is 12.4 Å². The number of carbonyl (C=O) groups excluding carboxylic acids is 2. The number of non-ortho nitro benzene ring substituents is 1. The number of nitrogens with zero attached hydrogens (tertiary/aromatic N) is 3. The van der Waals surface area contributed by atoms with E-state index in [2.05, 4.69) is 20.9 Å². The molecule has 182 valence electrons. The van der Waals surface area contributed by atoms with E-state index in [4.69, 9.17) is 5.73 Å². The number of hydrogen-bond acceptors (Lipinski definition) is 8. The van der Waals surface area contributed by atoms with E-state index in [1.165, 1.54) is 24.3 Å². The van der Waals surface area contributed by atoms with Gasteiger partial charge in [-0.1, -0.05) is 11.8 Å². The first kappa shape index (κ1) is 27.5. The SMILES string of the molecule is Cl.NC(=NCCCCCC(=O)N[C@@H]1CN[C@H](C(=O)Nc2ccc([N+](=O)[O-])cc2)C1)N[N+](=O)[O-]. The molecule has 0 aliphatic carbocycles. The number of anilines is 1. The summed E-state index contributed by atoms with van der Waals surface area (Å²) in [7, 11) is 0. The highest BCUT2D eigenvalue weighted by Crippen LogP contribution is 2.17. The van der Waals surface area contributed by atoms with Gasteiger partial charge in [-0.3, -0.25) is 19.7 Å². The van der Waals surface area contributed by atoms with Gasteiger partial charge >= 0.3 is 0 Å². The largest absolute Gasteiger partial charge is 0.365 e. The van der Waals surface area contributed by atoms with Crippen molar-refractivity contribution in [3.63, 3.8) is 0 Å². The highest BCUT2D eigenvalue weighted by atomic mass is 35.5. The summed E-state index contributed by atoms with van der Waals surface area (Å²) in [6, 6.07) is 4.89. The van der Waals surface area contributed by atoms with Gasteiger partial charge in [0.05, 0.1) is 11.0 Å². The Morgan fingerprint density at radius 1 is 1.15 bits per heavy atom. The molecule has 0 bridgehead atoms. The average Bonchev–Trinajstić information content (AvgIpc) is 3.19. The summed E-state index contributed by atoms with van der Waals surface area (Å²) in [5, 5.41) is 28.7. The second kappa shape index (κ2) is 13.8. The molecule has 33 heavy (non-hydrogen) atoms. The Morgan fingerprint density at radius 2 is 1.85 bits per heavy atom. The zero-order chi connectivity index (χ0) is 23.5. The maximum atomic E-state index is 12.4. The smallest absolute Gasteiger partial charge is 0.269 e. The molecule has 15 heteroatoms. The van der Waals surface area contributed by atoms with Gasteiger partial charge in [0.2, 0.25) is 11.8 Å². The number of halogens is 1. The maximum absolute atomic E-state index is 12.4. The fourth-order valence-electron chi connectivity index (χ4n) is 3.14. The topological polar surface area (TPSA) is 207 Å². The minimum atomic E-state index is -0.787. The lowest BCUT2D eigenvalue weighted by molar-refractivity contribution is -0.525. The molecule has 14 nitrogen and oxygen atoms in total. The van der Waals surface area contributed by atoms with E-state index >= 15 is 0 Å². The van der Waals surface area contributed by atoms with Crippen LogP contribution in [0.4, 0.5) is 11.4 Å². The van der Waals surface area contributed by atoms with Crippen LogP contribution in [0.15, 0.2) is 29.3 Å². The van der Waals surface area contributed by atoms with Gasteiger partial charge in [0.25, 0.3) is 11.6 Å². The summed E-state index contributed by atoms with van der Waals surface area (Å²) in [6.45, 7) is 0.786. The molecule has 1 fully saturated rings. The molecule has 0 aromatic heterocycles. The van der Waals surface area contributed by atoms with Crippen molar-refractivity contribution < 1.29 is 19.5 Å². The molecular formula is C18H27ClN8O6. The Morgan fingerprint density at radius 3 is 2.48 bits per heavy atom. The second-order valence-corrected chi connectivity index (χ2v) is 7.20. The van der Waals surface area contributed by atoms with E-state index in [0.717, 1.165) is 0 Å². The van der Waals surface area contributed by atoms with E-state index in [-0.39, 0.29) is 41.9 Å². The number of unbranched alkanes of at least 4 members (excludes halogenated alkanes) is 2. The van der Waals surface area contributed by atoms with Gasteiger partial charge in [-0.15, -0.1) is 12.4 Å². The molecule has 1 aromatic rings.